The molecule has 0 spiro atoms. The molecule has 3 unspecified atom stereocenters. The van der Waals surface area contributed by atoms with Gasteiger partial charge in [0.05, 0.1) is 24.1 Å². The fourth-order valence-corrected chi connectivity index (χ4v) is 3.20. The van der Waals surface area contributed by atoms with Gasteiger partial charge in [0.1, 0.15) is 0 Å². The van der Waals surface area contributed by atoms with Crippen molar-refractivity contribution in [3.63, 3.8) is 0 Å². The highest BCUT2D eigenvalue weighted by atomic mass is 16.3. The minimum atomic E-state index is -0.430. The lowest BCUT2D eigenvalue weighted by molar-refractivity contribution is -0.127. The normalized spacial score (nSPS) is 20.0. The van der Waals surface area contributed by atoms with Crippen molar-refractivity contribution in [1.29, 1.82) is 0 Å². The first-order valence-electron chi connectivity index (χ1n) is 8.69. The van der Waals surface area contributed by atoms with E-state index in [1.165, 1.54) is 0 Å². The number of aliphatic hydroxyl groups is 1. The molecule has 25 heavy (non-hydrogen) atoms. The number of fused-ring (bicyclic) bond motifs is 1. The predicted octanol–water partition coefficient (Wildman–Crippen LogP) is 1.44. The number of para-hydroxylation sites is 1. The number of anilines is 1. The first kappa shape index (κ1) is 17.4. The quantitative estimate of drug-likeness (QED) is 0.738. The second-order valence-electron chi connectivity index (χ2n) is 6.68. The number of aliphatic hydroxyl groups excluding tert-OH is 1. The maximum absolute atomic E-state index is 12.5. The van der Waals surface area contributed by atoms with Crippen molar-refractivity contribution in [2.24, 2.45) is 11.8 Å². The average molecular weight is 344 g/mol. The van der Waals surface area contributed by atoms with Gasteiger partial charge in [-0.05, 0) is 18.1 Å². The van der Waals surface area contributed by atoms with Gasteiger partial charge in [-0.1, -0.05) is 32.4 Å². The van der Waals surface area contributed by atoms with Gasteiger partial charge in [-0.2, -0.15) is 5.10 Å². The zero-order chi connectivity index (χ0) is 18.0. The molecule has 1 fully saturated rings. The average Bonchev–Trinajstić information content (AvgIpc) is 3.22. The summed E-state index contributed by atoms with van der Waals surface area (Å²) < 4.78 is 0. The van der Waals surface area contributed by atoms with Crippen LogP contribution < -0.4 is 10.2 Å². The van der Waals surface area contributed by atoms with Crippen molar-refractivity contribution in [1.82, 2.24) is 15.5 Å². The second kappa shape index (κ2) is 7.23. The zero-order valence-electron chi connectivity index (χ0n) is 14.5. The van der Waals surface area contributed by atoms with Crippen LogP contribution in [0.15, 0.2) is 24.3 Å². The summed E-state index contributed by atoms with van der Waals surface area (Å²) >= 11 is 0. The van der Waals surface area contributed by atoms with E-state index in [9.17, 15) is 14.7 Å². The van der Waals surface area contributed by atoms with E-state index in [0.29, 0.717) is 12.4 Å². The molecule has 3 rings (SSSR count). The maximum atomic E-state index is 12.5. The molecule has 134 valence electrons. The van der Waals surface area contributed by atoms with Crippen LogP contribution in [0.25, 0.3) is 10.9 Å². The summed E-state index contributed by atoms with van der Waals surface area (Å²) in [5, 5.41) is 20.4. The number of benzene rings is 1. The smallest absolute Gasteiger partial charge is 0.229 e. The van der Waals surface area contributed by atoms with Crippen LogP contribution in [0.4, 0.5) is 5.82 Å². The highest BCUT2D eigenvalue weighted by molar-refractivity contribution is 6.05. The Morgan fingerprint density at radius 1 is 1.48 bits per heavy atom. The molecule has 1 aromatic carbocycles. The Kier molecular flexibility index (Phi) is 5.03. The minimum absolute atomic E-state index is 0.102. The number of carbonyl (C=O) groups is 2. The van der Waals surface area contributed by atoms with Crippen molar-refractivity contribution >= 4 is 28.5 Å². The van der Waals surface area contributed by atoms with E-state index in [2.05, 4.69) is 15.5 Å². The SMILES string of the molecule is CCC(C)C(CO)NC(=O)C1CC(=O)N(c2n[nH]c3ccccc23)C1. The molecule has 0 radical (unpaired) electrons. The first-order valence-corrected chi connectivity index (χ1v) is 8.69. The number of nitrogens with zero attached hydrogens (tertiary/aromatic N) is 2. The molecule has 7 nitrogen and oxygen atoms in total. The highest BCUT2D eigenvalue weighted by Crippen LogP contribution is 2.29. The van der Waals surface area contributed by atoms with Crippen molar-refractivity contribution in [3.8, 4) is 0 Å². The van der Waals surface area contributed by atoms with Gasteiger partial charge in [0.15, 0.2) is 5.82 Å². The van der Waals surface area contributed by atoms with Gasteiger partial charge in [-0.25, -0.2) is 0 Å². The van der Waals surface area contributed by atoms with Crippen LogP contribution in [0.1, 0.15) is 26.7 Å². The van der Waals surface area contributed by atoms with Gasteiger partial charge in [-0.3, -0.25) is 19.6 Å². The summed E-state index contributed by atoms with van der Waals surface area (Å²) in [4.78, 5) is 26.5. The van der Waals surface area contributed by atoms with Crippen molar-refractivity contribution in [3.05, 3.63) is 24.3 Å². The van der Waals surface area contributed by atoms with E-state index in [0.717, 1.165) is 17.3 Å². The number of amides is 2. The number of aromatic nitrogens is 2. The Morgan fingerprint density at radius 2 is 2.24 bits per heavy atom. The monoisotopic (exact) mass is 344 g/mol. The first-order chi connectivity index (χ1) is 12.0. The molecule has 7 heteroatoms. The van der Waals surface area contributed by atoms with E-state index in [1.807, 2.05) is 38.1 Å². The lowest BCUT2D eigenvalue weighted by Gasteiger charge is -2.23. The molecule has 1 aliphatic heterocycles. The Bertz CT molecular complexity index is 773. The maximum Gasteiger partial charge on any atom is 0.229 e. The van der Waals surface area contributed by atoms with Gasteiger partial charge in [0, 0.05) is 18.4 Å². The van der Waals surface area contributed by atoms with Crippen LogP contribution >= 0.6 is 0 Å². The summed E-state index contributed by atoms with van der Waals surface area (Å²) in [6.07, 6.45) is 1.02. The molecule has 3 atom stereocenters. The molecule has 0 bridgehead atoms. The van der Waals surface area contributed by atoms with Gasteiger partial charge >= 0.3 is 0 Å². The molecular weight excluding hydrogens is 320 g/mol. The molecule has 2 amide bonds. The minimum Gasteiger partial charge on any atom is -0.394 e. The molecule has 1 saturated heterocycles. The molecule has 3 N–H and O–H groups in total. The molecule has 2 aromatic rings. The molecule has 1 aliphatic rings. The largest absolute Gasteiger partial charge is 0.394 e. The van der Waals surface area contributed by atoms with Crippen LogP contribution in [0.3, 0.4) is 0 Å². The number of hydrogen-bond donors (Lipinski definition) is 3. The van der Waals surface area contributed by atoms with Gasteiger partial charge in [-0.15, -0.1) is 0 Å². The standard InChI is InChI=1S/C18H24N4O3/c1-3-11(2)15(10-23)19-18(25)12-8-16(24)22(9-12)17-13-6-4-5-7-14(13)20-21-17/h4-7,11-12,15,23H,3,8-10H2,1-2H3,(H,19,25)(H,20,21). The van der Waals surface area contributed by atoms with Crippen LogP contribution in [-0.2, 0) is 9.59 Å². The Hall–Kier alpha value is -2.41. The molecular formula is C18H24N4O3. The van der Waals surface area contributed by atoms with Gasteiger partial charge in [0.2, 0.25) is 11.8 Å². The Labute approximate surface area is 146 Å². The Morgan fingerprint density at radius 3 is 2.96 bits per heavy atom. The van der Waals surface area contributed by atoms with Crippen molar-refractivity contribution < 1.29 is 14.7 Å². The second-order valence-corrected chi connectivity index (χ2v) is 6.68. The van der Waals surface area contributed by atoms with Crippen LogP contribution in [-0.4, -0.2) is 46.3 Å². The third kappa shape index (κ3) is 3.37. The van der Waals surface area contributed by atoms with Crippen molar-refractivity contribution in [2.75, 3.05) is 18.1 Å². The number of H-pyrrole nitrogens is 1. The lowest BCUT2D eigenvalue weighted by Crippen LogP contribution is -2.45. The molecule has 2 heterocycles. The van der Waals surface area contributed by atoms with E-state index in [1.54, 1.807) is 4.90 Å². The third-order valence-electron chi connectivity index (χ3n) is 5.06. The van der Waals surface area contributed by atoms with Gasteiger partial charge < -0.3 is 10.4 Å². The predicted molar refractivity (Wildman–Crippen MR) is 95.0 cm³/mol. The fraction of sp³-hybridized carbons (Fsp3) is 0.500. The number of hydrogen-bond acceptors (Lipinski definition) is 4. The molecule has 0 saturated carbocycles. The van der Waals surface area contributed by atoms with Crippen LogP contribution in [0.2, 0.25) is 0 Å². The molecule has 0 aliphatic carbocycles. The topological polar surface area (TPSA) is 98.3 Å². The van der Waals surface area contributed by atoms with E-state index >= 15 is 0 Å². The van der Waals surface area contributed by atoms with E-state index in [4.69, 9.17) is 0 Å². The third-order valence-corrected chi connectivity index (χ3v) is 5.06. The highest BCUT2D eigenvalue weighted by Gasteiger charge is 2.37. The number of aromatic amines is 1. The summed E-state index contributed by atoms with van der Waals surface area (Å²) in [5.41, 5.74) is 0.857. The van der Waals surface area contributed by atoms with Crippen molar-refractivity contribution in [2.45, 2.75) is 32.7 Å². The Balaban J connectivity index is 1.73. The number of nitrogens with one attached hydrogen (secondary N) is 2. The van der Waals surface area contributed by atoms with Crippen LogP contribution in [0.5, 0.6) is 0 Å². The summed E-state index contributed by atoms with van der Waals surface area (Å²) in [5.74, 6) is 0.0200. The summed E-state index contributed by atoms with van der Waals surface area (Å²) in [6.45, 7) is 4.21. The van der Waals surface area contributed by atoms with E-state index < -0.39 is 5.92 Å². The van der Waals surface area contributed by atoms with E-state index in [-0.39, 0.29) is 36.8 Å². The zero-order valence-corrected chi connectivity index (χ0v) is 14.5. The summed E-state index contributed by atoms with van der Waals surface area (Å²) in [7, 11) is 0. The van der Waals surface area contributed by atoms with Gasteiger partial charge in [0.25, 0.3) is 0 Å². The number of carbonyl (C=O) groups excluding carboxylic acids is 2. The lowest BCUT2D eigenvalue weighted by atomic mass is 9.98. The van der Waals surface area contributed by atoms with Crippen LogP contribution in [0, 0.1) is 11.8 Å². The molecule has 1 aromatic heterocycles. The fourth-order valence-electron chi connectivity index (χ4n) is 3.20. The number of rotatable bonds is 6. The summed E-state index contributed by atoms with van der Waals surface area (Å²) in [6, 6.07) is 7.31.